The Balaban J connectivity index is 1.81. The molecule has 0 aliphatic carbocycles. The minimum Gasteiger partial charge on any atom is -0.496 e. The van der Waals surface area contributed by atoms with Crippen LogP contribution >= 0.6 is 0 Å². The summed E-state index contributed by atoms with van der Waals surface area (Å²) in [5, 5.41) is 0. The number of methoxy groups -OCH3 is 1. The predicted molar refractivity (Wildman–Crippen MR) is 93.9 cm³/mol. The van der Waals surface area contributed by atoms with Gasteiger partial charge in [0.25, 0.3) is 0 Å². The molecule has 1 aromatic heterocycles. The maximum atomic E-state index is 12.6. The number of amides is 1. The van der Waals surface area contributed by atoms with Gasteiger partial charge in [-0.2, -0.15) is 0 Å². The summed E-state index contributed by atoms with van der Waals surface area (Å²) < 4.78 is 12.2. The molecule has 1 fully saturated rings. The standard InChI is InChI=1S/C19H18N2O4/c1-20-15-8-7-12(11-17(15)25-19(20)23)21-14(9-10-18(21)22)13-5-3-4-6-16(13)24-2/h3-8,11,14H,9-10H2,1-2H3/t14-/m0/s1. The number of hydrogen-bond acceptors (Lipinski definition) is 4. The van der Waals surface area contributed by atoms with Gasteiger partial charge in [0, 0.05) is 30.8 Å². The zero-order valence-electron chi connectivity index (χ0n) is 14.1. The number of ether oxygens (including phenoxy) is 1. The van der Waals surface area contributed by atoms with Crippen molar-refractivity contribution in [3.8, 4) is 5.75 Å². The molecular formula is C19H18N2O4. The lowest BCUT2D eigenvalue weighted by Crippen LogP contribution is -2.27. The molecule has 1 aliphatic heterocycles. The van der Waals surface area contributed by atoms with Crippen LogP contribution in [0.2, 0.25) is 0 Å². The number of benzene rings is 2. The zero-order valence-corrected chi connectivity index (χ0v) is 14.1. The van der Waals surface area contributed by atoms with E-state index in [0.717, 1.165) is 23.4 Å². The maximum absolute atomic E-state index is 12.6. The van der Waals surface area contributed by atoms with Crippen LogP contribution in [0, 0.1) is 0 Å². The van der Waals surface area contributed by atoms with E-state index in [1.54, 1.807) is 31.2 Å². The van der Waals surface area contributed by atoms with Gasteiger partial charge in [-0.05, 0) is 24.6 Å². The van der Waals surface area contributed by atoms with Gasteiger partial charge in [-0.15, -0.1) is 0 Å². The van der Waals surface area contributed by atoms with Crippen LogP contribution in [0.25, 0.3) is 11.1 Å². The lowest BCUT2D eigenvalue weighted by atomic mass is 10.0. The highest BCUT2D eigenvalue weighted by Crippen LogP contribution is 2.41. The minimum atomic E-state index is -0.416. The Morgan fingerprint density at radius 3 is 2.76 bits per heavy atom. The molecular weight excluding hydrogens is 320 g/mol. The second-order valence-corrected chi connectivity index (χ2v) is 6.14. The number of oxazole rings is 1. The summed E-state index contributed by atoms with van der Waals surface area (Å²) >= 11 is 0. The average Bonchev–Trinajstić information content (AvgIpc) is 3.14. The molecule has 1 saturated heterocycles. The largest absolute Gasteiger partial charge is 0.496 e. The normalized spacial score (nSPS) is 17.4. The third kappa shape index (κ3) is 2.41. The summed E-state index contributed by atoms with van der Waals surface area (Å²) in [6, 6.07) is 13.0. The lowest BCUT2D eigenvalue weighted by Gasteiger charge is -2.26. The summed E-state index contributed by atoms with van der Waals surface area (Å²) in [5.74, 6) is 0.397. The zero-order chi connectivity index (χ0) is 17.6. The second-order valence-electron chi connectivity index (χ2n) is 6.14. The first-order chi connectivity index (χ1) is 12.1. The Labute approximate surface area is 144 Å². The highest BCUT2D eigenvalue weighted by atomic mass is 16.5. The van der Waals surface area contributed by atoms with E-state index in [9.17, 15) is 9.59 Å². The van der Waals surface area contributed by atoms with Crippen molar-refractivity contribution in [2.24, 2.45) is 7.05 Å². The Bertz CT molecular complexity index is 1020. The molecule has 4 rings (SSSR count). The van der Waals surface area contributed by atoms with Crippen LogP contribution < -0.4 is 15.4 Å². The average molecular weight is 338 g/mol. The van der Waals surface area contributed by atoms with E-state index in [0.29, 0.717) is 17.5 Å². The Hall–Kier alpha value is -3.02. The maximum Gasteiger partial charge on any atom is 0.419 e. The number of carbonyl (C=O) groups is 1. The Morgan fingerprint density at radius 2 is 1.96 bits per heavy atom. The van der Waals surface area contributed by atoms with Crippen molar-refractivity contribution in [2.45, 2.75) is 18.9 Å². The van der Waals surface area contributed by atoms with E-state index < -0.39 is 5.76 Å². The first-order valence-corrected chi connectivity index (χ1v) is 8.14. The molecule has 128 valence electrons. The van der Waals surface area contributed by atoms with E-state index in [1.807, 2.05) is 30.3 Å². The number of para-hydroxylation sites is 1. The molecule has 0 unspecified atom stereocenters. The number of fused-ring (bicyclic) bond motifs is 1. The third-order valence-corrected chi connectivity index (χ3v) is 4.76. The SMILES string of the molecule is COc1ccccc1[C@@H]1CCC(=O)N1c1ccc2c(c1)oc(=O)n2C. The van der Waals surface area contributed by atoms with Crippen LogP contribution in [0.5, 0.6) is 5.75 Å². The van der Waals surface area contributed by atoms with Crippen LogP contribution in [-0.4, -0.2) is 17.6 Å². The fourth-order valence-corrected chi connectivity index (χ4v) is 3.52. The summed E-state index contributed by atoms with van der Waals surface area (Å²) in [6.45, 7) is 0. The smallest absolute Gasteiger partial charge is 0.419 e. The minimum absolute atomic E-state index is 0.0496. The van der Waals surface area contributed by atoms with E-state index >= 15 is 0 Å². The van der Waals surface area contributed by atoms with Gasteiger partial charge < -0.3 is 14.1 Å². The molecule has 1 atom stereocenters. The first kappa shape index (κ1) is 15.5. The molecule has 0 bridgehead atoms. The molecule has 0 spiro atoms. The molecule has 0 saturated carbocycles. The van der Waals surface area contributed by atoms with Crippen LogP contribution in [0.3, 0.4) is 0 Å². The molecule has 1 aliphatic rings. The second kappa shape index (κ2) is 5.81. The highest BCUT2D eigenvalue weighted by molar-refractivity contribution is 5.98. The van der Waals surface area contributed by atoms with Crippen LogP contribution in [0.4, 0.5) is 5.69 Å². The van der Waals surface area contributed by atoms with Crippen LogP contribution in [0.1, 0.15) is 24.4 Å². The van der Waals surface area contributed by atoms with Crippen molar-refractivity contribution in [1.82, 2.24) is 4.57 Å². The van der Waals surface area contributed by atoms with E-state index in [4.69, 9.17) is 9.15 Å². The summed E-state index contributed by atoms with van der Waals surface area (Å²) in [6.07, 6.45) is 1.19. The number of carbonyl (C=O) groups excluding carboxylic acids is 1. The molecule has 6 nitrogen and oxygen atoms in total. The highest BCUT2D eigenvalue weighted by Gasteiger charge is 2.35. The quantitative estimate of drug-likeness (QED) is 0.736. The van der Waals surface area contributed by atoms with Crippen LogP contribution in [-0.2, 0) is 11.8 Å². The van der Waals surface area contributed by atoms with Gasteiger partial charge in [-0.3, -0.25) is 9.36 Å². The molecule has 0 N–H and O–H groups in total. The Morgan fingerprint density at radius 1 is 1.16 bits per heavy atom. The number of aryl methyl sites for hydroxylation is 1. The van der Waals surface area contributed by atoms with Gasteiger partial charge in [0.1, 0.15) is 5.75 Å². The summed E-state index contributed by atoms with van der Waals surface area (Å²) in [7, 11) is 3.29. The number of hydrogen-bond donors (Lipinski definition) is 0. The number of nitrogens with zero attached hydrogens (tertiary/aromatic N) is 2. The van der Waals surface area contributed by atoms with Crippen molar-refractivity contribution in [3.05, 3.63) is 58.6 Å². The molecule has 1 amide bonds. The van der Waals surface area contributed by atoms with Crippen LogP contribution in [0.15, 0.2) is 51.7 Å². The van der Waals surface area contributed by atoms with Crippen molar-refractivity contribution in [1.29, 1.82) is 0 Å². The van der Waals surface area contributed by atoms with Gasteiger partial charge in [0.05, 0.1) is 18.7 Å². The molecule has 2 heterocycles. The van der Waals surface area contributed by atoms with Gasteiger partial charge in [-0.25, -0.2) is 4.79 Å². The molecule has 3 aromatic rings. The topological polar surface area (TPSA) is 64.7 Å². The summed E-state index contributed by atoms with van der Waals surface area (Å²) in [5.41, 5.74) is 2.88. The number of aromatic nitrogens is 1. The fourth-order valence-electron chi connectivity index (χ4n) is 3.52. The van der Waals surface area contributed by atoms with Crippen molar-refractivity contribution < 1.29 is 13.9 Å². The Kier molecular flexibility index (Phi) is 3.60. The van der Waals surface area contributed by atoms with Gasteiger partial charge in [0.2, 0.25) is 5.91 Å². The number of anilines is 1. The van der Waals surface area contributed by atoms with Crippen molar-refractivity contribution in [3.63, 3.8) is 0 Å². The van der Waals surface area contributed by atoms with Gasteiger partial charge >= 0.3 is 5.76 Å². The lowest BCUT2D eigenvalue weighted by molar-refractivity contribution is -0.117. The van der Waals surface area contributed by atoms with Gasteiger partial charge in [0.15, 0.2) is 5.58 Å². The molecule has 2 aromatic carbocycles. The fraction of sp³-hybridized carbons (Fsp3) is 0.263. The van der Waals surface area contributed by atoms with Gasteiger partial charge in [-0.1, -0.05) is 18.2 Å². The van der Waals surface area contributed by atoms with E-state index in [-0.39, 0.29) is 11.9 Å². The van der Waals surface area contributed by atoms with Crippen molar-refractivity contribution in [2.75, 3.05) is 12.0 Å². The monoisotopic (exact) mass is 338 g/mol. The third-order valence-electron chi connectivity index (χ3n) is 4.76. The molecule has 25 heavy (non-hydrogen) atoms. The molecule has 0 radical (unpaired) electrons. The first-order valence-electron chi connectivity index (χ1n) is 8.14. The summed E-state index contributed by atoms with van der Waals surface area (Å²) in [4.78, 5) is 26.0. The van der Waals surface area contributed by atoms with E-state index in [2.05, 4.69) is 0 Å². The van der Waals surface area contributed by atoms with Crippen molar-refractivity contribution >= 4 is 22.7 Å². The number of rotatable bonds is 3. The predicted octanol–water partition coefficient (Wildman–Crippen LogP) is 3.01. The molecule has 6 heteroatoms. The van der Waals surface area contributed by atoms with E-state index in [1.165, 1.54) is 4.57 Å².